The summed E-state index contributed by atoms with van der Waals surface area (Å²) in [6.45, 7) is 12.5. The van der Waals surface area contributed by atoms with Crippen LogP contribution in [0.4, 0.5) is 5.82 Å². The summed E-state index contributed by atoms with van der Waals surface area (Å²) in [4.78, 5) is 11.1. The topological polar surface area (TPSA) is 41.0 Å². The molecule has 18 heavy (non-hydrogen) atoms. The lowest BCUT2D eigenvalue weighted by Crippen LogP contribution is -2.40. The highest BCUT2D eigenvalue weighted by molar-refractivity contribution is 5.38. The van der Waals surface area contributed by atoms with Crippen LogP contribution in [0, 0.1) is 6.92 Å². The van der Waals surface area contributed by atoms with Crippen LogP contribution in [0.2, 0.25) is 0 Å². The van der Waals surface area contributed by atoms with Gasteiger partial charge in [0.2, 0.25) is 0 Å². The van der Waals surface area contributed by atoms with Gasteiger partial charge in [0, 0.05) is 37.4 Å². The molecule has 4 heteroatoms. The minimum atomic E-state index is 0.164. The van der Waals surface area contributed by atoms with Crippen molar-refractivity contribution < 1.29 is 0 Å². The van der Waals surface area contributed by atoms with E-state index in [4.69, 9.17) is 0 Å². The number of hydrogen-bond donors (Lipinski definition) is 1. The van der Waals surface area contributed by atoms with Gasteiger partial charge in [-0.05, 0) is 34.1 Å². The van der Waals surface area contributed by atoms with Crippen LogP contribution >= 0.6 is 0 Å². The minimum Gasteiger partial charge on any atom is -0.358 e. The molecule has 4 nitrogen and oxygen atoms in total. The van der Waals surface area contributed by atoms with Crippen LogP contribution in [0.3, 0.4) is 0 Å². The Balaban J connectivity index is 2.61. The van der Waals surface area contributed by atoms with Crippen molar-refractivity contribution in [3.05, 3.63) is 17.6 Å². The molecule has 1 aromatic heterocycles. The third-order valence-electron chi connectivity index (χ3n) is 2.73. The highest BCUT2D eigenvalue weighted by Crippen LogP contribution is 2.11. The summed E-state index contributed by atoms with van der Waals surface area (Å²) in [5.74, 6) is 1.86. The van der Waals surface area contributed by atoms with Gasteiger partial charge in [0.05, 0.1) is 0 Å². The fourth-order valence-electron chi connectivity index (χ4n) is 1.70. The molecule has 1 rings (SSSR count). The van der Waals surface area contributed by atoms with Crippen molar-refractivity contribution in [2.75, 3.05) is 25.0 Å². The number of anilines is 1. The third-order valence-corrected chi connectivity index (χ3v) is 2.73. The van der Waals surface area contributed by atoms with Crippen molar-refractivity contribution >= 4 is 5.82 Å². The average Bonchev–Trinajstić information content (AvgIpc) is 2.26. The van der Waals surface area contributed by atoms with Gasteiger partial charge in [-0.25, -0.2) is 9.97 Å². The Hall–Kier alpha value is -1.16. The largest absolute Gasteiger partial charge is 0.358 e. The van der Waals surface area contributed by atoms with E-state index >= 15 is 0 Å². The summed E-state index contributed by atoms with van der Waals surface area (Å²) in [6, 6.07) is 2.07. The van der Waals surface area contributed by atoms with Gasteiger partial charge in [-0.1, -0.05) is 6.92 Å². The maximum atomic E-state index is 4.48. The highest BCUT2D eigenvalue weighted by atomic mass is 15.2. The number of nitrogens with zero attached hydrogens (tertiary/aromatic N) is 3. The zero-order chi connectivity index (χ0) is 13.8. The van der Waals surface area contributed by atoms with Crippen molar-refractivity contribution in [3.63, 3.8) is 0 Å². The first-order valence-electron chi connectivity index (χ1n) is 6.62. The van der Waals surface area contributed by atoms with Gasteiger partial charge in [0.15, 0.2) is 0 Å². The zero-order valence-corrected chi connectivity index (χ0v) is 12.5. The van der Waals surface area contributed by atoms with E-state index in [1.807, 2.05) is 6.92 Å². The van der Waals surface area contributed by atoms with Gasteiger partial charge in [-0.3, -0.25) is 0 Å². The molecule has 0 aliphatic heterocycles. The van der Waals surface area contributed by atoms with Crippen LogP contribution in [-0.2, 0) is 6.42 Å². The summed E-state index contributed by atoms with van der Waals surface area (Å²) < 4.78 is 0. The Morgan fingerprint density at radius 3 is 2.50 bits per heavy atom. The first-order valence-corrected chi connectivity index (χ1v) is 6.62. The van der Waals surface area contributed by atoms with Crippen LogP contribution in [-0.4, -0.2) is 35.6 Å². The van der Waals surface area contributed by atoms with Crippen LogP contribution in [0.1, 0.15) is 39.2 Å². The van der Waals surface area contributed by atoms with E-state index in [2.05, 4.69) is 61.0 Å². The number of nitrogens with one attached hydrogen (secondary N) is 1. The molecule has 1 aromatic rings. The molecule has 0 unspecified atom stereocenters. The van der Waals surface area contributed by atoms with E-state index in [0.29, 0.717) is 0 Å². The Kier molecular flexibility index (Phi) is 5.08. The molecule has 0 spiro atoms. The maximum absolute atomic E-state index is 4.48. The maximum Gasteiger partial charge on any atom is 0.132 e. The predicted molar refractivity (Wildman–Crippen MR) is 77.2 cm³/mol. The van der Waals surface area contributed by atoms with E-state index in [1.54, 1.807) is 0 Å². The lowest BCUT2D eigenvalue weighted by Gasteiger charge is -2.24. The zero-order valence-electron chi connectivity index (χ0n) is 12.5. The highest BCUT2D eigenvalue weighted by Gasteiger charge is 2.10. The Labute approximate surface area is 111 Å². The summed E-state index contributed by atoms with van der Waals surface area (Å²) in [7, 11) is 2.07. The lowest BCUT2D eigenvalue weighted by molar-refractivity contribution is 0.430. The first kappa shape index (κ1) is 14.9. The molecule has 1 N–H and O–H groups in total. The van der Waals surface area contributed by atoms with Crippen LogP contribution in [0.5, 0.6) is 0 Å². The monoisotopic (exact) mass is 250 g/mol. The quantitative estimate of drug-likeness (QED) is 0.869. The molecule has 1 heterocycles. The number of aromatic nitrogens is 2. The third kappa shape index (κ3) is 5.00. The Bertz CT molecular complexity index is 382. The summed E-state index contributed by atoms with van der Waals surface area (Å²) in [6.07, 6.45) is 0.949. The fourth-order valence-corrected chi connectivity index (χ4v) is 1.70. The average molecular weight is 250 g/mol. The molecule has 0 bridgehead atoms. The van der Waals surface area contributed by atoms with Crippen molar-refractivity contribution in [2.45, 2.75) is 46.6 Å². The van der Waals surface area contributed by atoms with Gasteiger partial charge in [0.1, 0.15) is 11.6 Å². The van der Waals surface area contributed by atoms with Crippen molar-refractivity contribution in [1.82, 2.24) is 15.3 Å². The van der Waals surface area contributed by atoms with Crippen LogP contribution in [0.15, 0.2) is 6.07 Å². The second kappa shape index (κ2) is 6.14. The molecule has 0 fully saturated rings. The van der Waals surface area contributed by atoms with Gasteiger partial charge >= 0.3 is 0 Å². The Morgan fingerprint density at radius 1 is 1.28 bits per heavy atom. The molecule has 0 aliphatic rings. The molecule has 0 saturated heterocycles. The van der Waals surface area contributed by atoms with Crippen molar-refractivity contribution in [3.8, 4) is 0 Å². The lowest BCUT2D eigenvalue weighted by atomic mass is 10.1. The molecule has 0 saturated carbocycles. The summed E-state index contributed by atoms with van der Waals surface area (Å²) in [5.41, 5.74) is 1.27. The molecular formula is C14H26N4. The molecule has 0 radical (unpaired) electrons. The fraction of sp³-hybridized carbons (Fsp3) is 0.714. The number of aryl methyl sites for hydroxylation is 2. The smallest absolute Gasteiger partial charge is 0.132 e. The SMILES string of the molecule is CCc1cc(N(C)CCNC(C)(C)C)nc(C)n1. The first-order chi connectivity index (χ1) is 8.31. The molecule has 0 aromatic carbocycles. The second-order valence-electron chi connectivity index (χ2n) is 5.72. The van der Waals surface area contributed by atoms with E-state index < -0.39 is 0 Å². The molecular weight excluding hydrogens is 224 g/mol. The number of hydrogen-bond acceptors (Lipinski definition) is 4. The van der Waals surface area contributed by atoms with Crippen LogP contribution < -0.4 is 10.2 Å². The second-order valence-corrected chi connectivity index (χ2v) is 5.72. The van der Waals surface area contributed by atoms with E-state index in [1.165, 1.54) is 0 Å². The van der Waals surface area contributed by atoms with Gasteiger partial charge in [0.25, 0.3) is 0 Å². The summed E-state index contributed by atoms with van der Waals surface area (Å²) >= 11 is 0. The molecule has 0 amide bonds. The predicted octanol–water partition coefficient (Wildman–Crippen LogP) is 2.17. The minimum absolute atomic E-state index is 0.164. The standard InChI is InChI=1S/C14H26N4/c1-7-12-10-13(17-11(2)16-12)18(6)9-8-15-14(3,4)5/h10,15H,7-9H2,1-6H3. The molecule has 0 aliphatic carbocycles. The number of likely N-dealkylation sites (N-methyl/N-ethyl adjacent to an activating group) is 1. The summed E-state index contributed by atoms with van der Waals surface area (Å²) in [5, 5.41) is 3.48. The van der Waals surface area contributed by atoms with Gasteiger partial charge in [-0.2, -0.15) is 0 Å². The van der Waals surface area contributed by atoms with Gasteiger partial charge < -0.3 is 10.2 Å². The Morgan fingerprint density at radius 2 is 1.94 bits per heavy atom. The van der Waals surface area contributed by atoms with E-state index in [-0.39, 0.29) is 5.54 Å². The van der Waals surface area contributed by atoms with E-state index in [9.17, 15) is 0 Å². The molecule has 102 valence electrons. The van der Waals surface area contributed by atoms with E-state index in [0.717, 1.165) is 36.8 Å². The van der Waals surface area contributed by atoms with Crippen molar-refractivity contribution in [2.24, 2.45) is 0 Å². The number of rotatable bonds is 5. The molecule has 0 atom stereocenters. The van der Waals surface area contributed by atoms with Gasteiger partial charge in [-0.15, -0.1) is 0 Å². The normalized spacial score (nSPS) is 11.7. The van der Waals surface area contributed by atoms with Crippen molar-refractivity contribution in [1.29, 1.82) is 0 Å². The van der Waals surface area contributed by atoms with Crippen LogP contribution in [0.25, 0.3) is 0 Å².